The standard InChI is InChI=1S/C11H18ClN2O14P3S/c1-32-6-10(4-26-30(21,22)28-31(23,24)27-29(18,19)20)8(16)11(12,5-25-10)14-3-2-7(15)13-9(14)17/h2-3,8,16H,4-6H2,1H3,(H,21,22)(H,23,24)(H,13,15,17)(H2,18,19,20)/t8-,10+,11+/m1/s1. The Morgan fingerprint density at radius 1 is 1.25 bits per heavy atom. The number of hydrogen-bond donors (Lipinski definition) is 6. The van der Waals surface area contributed by atoms with E-state index in [9.17, 15) is 38.2 Å². The molecule has 0 saturated carbocycles. The van der Waals surface area contributed by atoms with Crippen LogP contribution in [0, 0.1) is 0 Å². The van der Waals surface area contributed by atoms with Gasteiger partial charge >= 0.3 is 29.2 Å². The molecule has 1 saturated heterocycles. The Morgan fingerprint density at radius 2 is 1.88 bits per heavy atom. The van der Waals surface area contributed by atoms with Crippen molar-refractivity contribution in [2.45, 2.75) is 16.7 Å². The van der Waals surface area contributed by atoms with Crippen LogP contribution in [-0.4, -0.2) is 71.2 Å². The van der Waals surface area contributed by atoms with E-state index in [1.807, 2.05) is 4.98 Å². The molecular formula is C11H18ClN2O14P3S. The fourth-order valence-corrected chi connectivity index (χ4v) is 7.01. The lowest BCUT2D eigenvalue weighted by atomic mass is 9.96. The first-order valence-electron chi connectivity index (χ1n) is 8.06. The second-order valence-electron chi connectivity index (χ2n) is 6.35. The van der Waals surface area contributed by atoms with Gasteiger partial charge in [-0.2, -0.15) is 20.4 Å². The Bertz CT molecular complexity index is 1110. The molecule has 1 aliphatic rings. The Morgan fingerprint density at radius 3 is 2.41 bits per heavy atom. The van der Waals surface area contributed by atoms with Gasteiger partial charge in [-0.05, 0) is 6.26 Å². The lowest BCUT2D eigenvalue weighted by Crippen LogP contribution is -2.55. The van der Waals surface area contributed by atoms with E-state index in [0.717, 1.165) is 28.6 Å². The molecule has 16 nitrogen and oxygen atoms in total. The van der Waals surface area contributed by atoms with Crippen molar-refractivity contribution in [2.75, 3.05) is 25.2 Å². The van der Waals surface area contributed by atoms with Gasteiger partial charge in [-0.3, -0.25) is 18.9 Å². The number of hydrogen-bond acceptors (Lipinski definition) is 11. The number of phosphoric ester groups is 1. The fraction of sp³-hybridized carbons (Fsp3) is 0.636. The highest BCUT2D eigenvalue weighted by Gasteiger charge is 2.60. The summed E-state index contributed by atoms with van der Waals surface area (Å²) in [4.78, 5) is 59.3. The molecular weight excluding hydrogens is 545 g/mol. The highest BCUT2D eigenvalue weighted by molar-refractivity contribution is 7.98. The number of ether oxygens (including phenoxy) is 1. The SMILES string of the molecule is CSC[C@]1(COP(=O)(O)OP(=O)(O)OP(=O)(O)O)OC[C@](Cl)(n2ccc(=O)[nH]c2=O)[C@@H]1O. The van der Waals surface area contributed by atoms with Crippen LogP contribution in [0.3, 0.4) is 0 Å². The van der Waals surface area contributed by atoms with Crippen molar-refractivity contribution in [3.63, 3.8) is 0 Å². The maximum absolute atomic E-state index is 12.1. The van der Waals surface area contributed by atoms with E-state index < -0.39 is 64.6 Å². The van der Waals surface area contributed by atoms with Crippen LogP contribution in [0.5, 0.6) is 0 Å². The molecule has 5 atom stereocenters. The van der Waals surface area contributed by atoms with Gasteiger partial charge in [0, 0.05) is 18.0 Å². The van der Waals surface area contributed by atoms with Gasteiger partial charge in [0.05, 0.1) is 13.2 Å². The van der Waals surface area contributed by atoms with E-state index in [-0.39, 0.29) is 5.75 Å². The highest BCUT2D eigenvalue weighted by atomic mass is 35.5. The molecule has 1 aliphatic heterocycles. The number of rotatable bonds is 10. The van der Waals surface area contributed by atoms with Crippen molar-refractivity contribution < 1.29 is 56.3 Å². The summed E-state index contributed by atoms with van der Waals surface area (Å²) in [6.07, 6.45) is 0.751. The van der Waals surface area contributed by atoms with E-state index in [1.54, 1.807) is 6.26 Å². The molecule has 0 amide bonds. The summed E-state index contributed by atoms with van der Waals surface area (Å²) < 4.78 is 52.3. The second-order valence-corrected chi connectivity index (χ2v) is 12.3. The van der Waals surface area contributed by atoms with Crippen LogP contribution < -0.4 is 11.2 Å². The number of phosphoric acid groups is 3. The molecule has 1 aromatic rings. The van der Waals surface area contributed by atoms with Crippen LogP contribution in [0.4, 0.5) is 0 Å². The first-order valence-corrected chi connectivity index (χ1v) is 14.4. The molecule has 32 heavy (non-hydrogen) atoms. The van der Waals surface area contributed by atoms with Crippen LogP contribution in [0.2, 0.25) is 0 Å². The highest BCUT2D eigenvalue weighted by Crippen LogP contribution is 2.66. The zero-order valence-corrected chi connectivity index (χ0v) is 20.1. The summed E-state index contributed by atoms with van der Waals surface area (Å²) >= 11 is 7.46. The third kappa shape index (κ3) is 6.62. The number of H-pyrrole nitrogens is 1. The largest absolute Gasteiger partial charge is 0.490 e. The molecule has 6 N–H and O–H groups in total. The third-order valence-corrected chi connectivity index (χ3v) is 9.04. The first kappa shape index (κ1) is 27.9. The summed E-state index contributed by atoms with van der Waals surface area (Å²) in [5.74, 6) is -0.142. The van der Waals surface area contributed by atoms with Gasteiger partial charge in [-0.25, -0.2) is 18.5 Å². The van der Waals surface area contributed by atoms with Gasteiger partial charge in [-0.15, -0.1) is 0 Å². The number of aromatic amines is 1. The molecule has 0 spiro atoms. The minimum Gasteiger partial charge on any atom is -0.386 e. The number of nitrogens with zero attached hydrogens (tertiary/aromatic N) is 1. The Balaban J connectivity index is 2.27. The second kappa shape index (κ2) is 9.72. The normalized spacial score (nSPS) is 30.0. The van der Waals surface area contributed by atoms with E-state index in [2.05, 4.69) is 13.1 Å². The van der Waals surface area contributed by atoms with Crippen LogP contribution in [0.1, 0.15) is 0 Å². The third-order valence-electron chi connectivity index (χ3n) is 3.98. The van der Waals surface area contributed by atoms with E-state index in [0.29, 0.717) is 0 Å². The maximum Gasteiger partial charge on any atom is 0.490 e. The molecule has 0 bridgehead atoms. The minimum absolute atomic E-state index is 0.142. The van der Waals surface area contributed by atoms with E-state index in [4.69, 9.17) is 26.1 Å². The molecule has 2 heterocycles. The zero-order chi connectivity index (χ0) is 24.6. The predicted octanol–water partition coefficient (Wildman–Crippen LogP) is -0.736. The number of nitrogens with one attached hydrogen (secondary N) is 1. The molecule has 0 aromatic carbocycles. The van der Waals surface area contributed by atoms with Crippen LogP contribution in [0.15, 0.2) is 21.9 Å². The smallest absolute Gasteiger partial charge is 0.386 e. The summed E-state index contributed by atoms with van der Waals surface area (Å²) in [7, 11) is -16.8. The van der Waals surface area contributed by atoms with Crippen LogP contribution in [-0.2, 0) is 36.6 Å². The average Bonchev–Trinajstić information content (AvgIpc) is 2.84. The molecule has 2 unspecified atom stereocenters. The zero-order valence-electron chi connectivity index (χ0n) is 15.8. The summed E-state index contributed by atoms with van der Waals surface area (Å²) in [6.45, 7) is -1.53. The van der Waals surface area contributed by atoms with Gasteiger partial charge in [0.2, 0.25) is 0 Å². The number of aliphatic hydroxyl groups is 1. The van der Waals surface area contributed by atoms with Crippen molar-refractivity contribution >= 4 is 46.8 Å². The van der Waals surface area contributed by atoms with Gasteiger partial charge < -0.3 is 29.4 Å². The minimum atomic E-state index is -5.75. The topological polar surface area (TPSA) is 244 Å². The van der Waals surface area contributed by atoms with Gasteiger partial charge in [0.25, 0.3) is 5.56 Å². The average molecular weight is 563 g/mol. The molecule has 21 heteroatoms. The van der Waals surface area contributed by atoms with Crippen molar-refractivity contribution in [3.8, 4) is 0 Å². The Labute approximate surface area is 187 Å². The van der Waals surface area contributed by atoms with Gasteiger partial charge in [0.1, 0.15) is 11.7 Å². The van der Waals surface area contributed by atoms with Gasteiger partial charge in [-0.1, -0.05) is 11.6 Å². The summed E-state index contributed by atoms with van der Waals surface area (Å²) in [5, 5.41) is 10.9. The Hall–Kier alpha value is -0.350. The van der Waals surface area contributed by atoms with Crippen LogP contribution in [0.25, 0.3) is 0 Å². The van der Waals surface area contributed by atoms with E-state index >= 15 is 0 Å². The van der Waals surface area contributed by atoms with E-state index in [1.165, 1.54) is 0 Å². The monoisotopic (exact) mass is 562 g/mol. The summed E-state index contributed by atoms with van der Waals surface area (Å²) in [5.41, 5.74) is -3.59. The molecule has 1 aromatic heterocycles. The number of thioether (sulfide) groups is 1. The molecule has 0 radical (unpaired) electrons. The van der Waals surface area contributed by atoms with Crippen molar-refractivity contribution in [1.29, 1.82) is 0 Å². The number of aliphatic hydroxyl groups excluding tert-OH is 1. The predicted molar refractivity (Wildman–Crippen MR) is 108 cm³/mol. The summed E-state index contributed by atoms with van der Waals surface area (Å²) in [6, 6.07) is 0.957. The van der Waals surface area contributed by atoms with Crippen molar-refractivity contribution in [1.82, 2.24) is 9.55 Å². The molecule has 2 rings (SSSR count). The van der Waals surface area contributed by atoms with Crippen LogP contribution >= 0.6 is 46.8 Å². The first-order chi connectivity index (χ1) is 14.5. The molecule has 1 fully saturated rings. The lowest BCUT2D eigenvalue weighted by Gasteiger charge is -2.34. The number of halogens is 1. The molecule has 0 aliphatic carbocycles. The van der Waals surface area contributed by atoms with Gasteiger partial charge in [0.15, 0.2) is 5.00 Å². The fourth-order valence-electron chi connectivity index (χ4n) is 2.74. The van der Waals surface area contributed by atoms with Crippen molar-refractivity contribution in [3.05, 3.63) is 33.1 Å². The Kier molecular flexibility index (Phi) is 8.47. The quantitative estimate of drug-likeness (QED) is 0.152. The number of alkyl halides is 1. The van der Waals surface area contributed by atoms with Crippen molar-refractivity contribution in [2.24, 2.45) is 0 Å². The lowest BCUT2D eigenvalue weighted by molar-refractivity contribution is -0.0738. The maximum atomic E-state index is 12.1. The molecule has 184 valence electrons. The number of aromatic nitrogens is 2.